The van der Waals surface area contributed by atoms with Crippen LogP contribution in [0.1, 0.15) is 34.7 Å². The van der Waals surface area contributed by atoms with Gasteiger partial charge < -0.3 is 11.1 Å². The molecule has 7 heteroatoms. The zero-order valence-corrected chi connectivity index (χ0v) is 16.7. The quantitative estimate of drug-likeness (QED) is 0.505. The molecule has 0 saturated carbocycles. The van der Waals surface area contributed by atoms with Crippen LogP contribution in [0.4, 0.5) is 5.82 Å². The number of benzene rings is 2. The smallest absolute Gasteiger partial charge is 0.274 e. The zero-order valence-electron chi connectivity index (χ0n) is 16.7. The van der Waals surface area contributed by atoms with Gasteiger partial charge in [0.2, 0.25) is 0 Å². The zero-order chi connectivity index (χ0) is 22.0. The van der Waals surface area contributed by atoms with E-state index in [4.69, 9.17) is 12.2 Å². The molecule has 0 aliphatic carbocycles. The average Bonchev–Trinajstić information content (AvgIpc) is 2.79. The monoisotopic (exact) mass is 409 g/mol. The van der Waals surface area contributed by atoms with Crippen molar-refractivity contribution in [3.63, 3.8) is 0 Å². The number of nitrogen functional groups attached to an aromatic ring is 1. The molecule has 7 nitrogen and oxygen atoms in total. The number of rotatable bonds is 4. The SMILES string of the molecule is C#Cc1cccc2cc(C(C)NC(=O)c3nccnc3N)n(-c3ccccc3)c(=O)c12. The van der Waals surface area contributed by atoms with Crippen LogP contribution in [0, 0.1) is 12.3 Å². The maximum absolute atomic E-state index is 13.6. The standard InChI is InChI=1S/C24H19N5O2/c1-3-16-8-7-9-17-14-19(15(2)28-23(30)21-22(25)27-13-12-26-21)29(24(31)20(16)17)18-10-5-4-6-11-18/h1,4-15H,2H3,(H2,25,27)(H,28,30). The number of terminal acetylenes is 1. The van der Waals surface area contributed by atoms with E-state index in [-0.39, 0.29) is 17.1 Å². The van der Waals surface area contributed by atoms with Gasteiger partial charge in [0.1, 0.15) is 0 Å². The number of amides is 1. The number of carbonyl (C=O) groups is 1. The van der Waals surface area contributed by atoms with Crippen molar-refractivity contribution in [3.8, 4) is 18.0 Å². The predicted molar refractivity (Wildman–Crippen MR) is 120 cm³/mol. The molecule has 3 N–H and O–H groups in total. The fourth-order valence-electron chi connectivity index (χ4n) is 3.53. The topological polar surface area (TPSA) is 103 Å². The summed E-state index contributed by atoms with van der Waals surface area (Å²) in [6.07, 6.45) is 8.44. The number of nitrogens with two attached hydrogens (primary N) is 1. The average molecular weight is 409 g/mol. The van der Waals surface area contributed by atoms with Crippen LogP contribution in [-0.2, 0) is 0 Å². The van der Waals surface area contributed by atoms with Crippen LogP contribution in [0.3, 0.4) is 0 Å². The predicted octanol–water partition coefficient (Wildman–Crippen LogP) is 2.84. The molecule has 1 atom stereocenters. The summed E-state index contributed by atoms with van der Waals surface area (Å²) in [5.74, 6) is 2.13. The minimum atomic E-state index is -0.541. The van der Waals surface area contributed by atoms with Crippen molar-refractivity contribution in [1.29, 1.82) is 0 Å². The molecule has 0 fully saturated rings. The molecule has 0 aliphatic rings. The second-order valence-electron chi connectivity index (χ2n) is 6.94. The largest absolute Gasteiger partial charge is 0.382 e. The van der Waals surface area contributed by atoms with E-state index in [1.54, 1.807) is 23.6 Å². The minimum absolute atomic E-state index is 0.0263. The molecule has 2 aromatic carbocycles. The number of hydrogen-bond donors (Lipinski definition) is 2. The summed E-state index contributed by atoms with van der Waals surface area (Å²) in [6, 6.07) is 15.9. The summed E-state index contributed by atoms with van der Waals surface area (Å²) in [5.41, 5.74) is 7.32. The Labute approximate surface area is 178 Å². The Kier molecular flexibility index (Phi) is 5.21. The van der Waals surface area contributed by atoms with Gasteiger partial charge in [-0.05, 0) is 36.6 Å². The molecule has 0 bridgehead atoms. The van der Waals surface area contributed by atoms with Crippen LogP contribution in [0.5, 0.6) is 0 Å². The van der Waals surface area contributed by atoms with E-state index in [1.807, 2.05) is 42.5 Å². The highest BCUT2D eigenvalue weighted by molar-refractivity contribution is 5.96. The summed E-state index contributed by atoms with van der Waals surface area (Å²) >= 11 is 0. The third kappa shape index (κ3) is 3.63. The van der Waals surface area contributed by atoms with Crippen LogP contribution >= 0.6 is 0 Å². The van der Waals surface area contributed by atoms with Crippen molar-refractivity contribution in [2.45, 2.75) is 13.0 Å². The number of hydrogen-bond acceptors (Lipinski definition) is 5. The molecule has 1 amide bonds. The first-order valence-corrected chi connectivity index (χ1v) is 9.59. The van der Waals surface area contributed by atoms with Crippen molar-refractivity contribution in [2.75, 3.05) is 5.73 Å². The molecule has 1 unspecified atom stereocenters. The molecule has 2 aromatic heterocycles. The molecule has 4 rings (SSSR count). The third-order valence-electron chi connectivity index (χ3n) is 4.98. The number of para-hydroxylation sites is 1. The second-order valence-corrected chi connectivity index (χ2v) is 6.94. The summed E-state index contributed by atoms with van der Waals surface area (Å²) in [5, 5.41) is 4.01. The molecule has 0 saturated heterocycles. The first kappa shape index (κ1) is 19.9. The van der Waals surface area contributed by atoms with E-state index in [0.29, 0.717) is 27.7 Å². The number of anilines is 1. The maximum atomic E-state index is 13.6. The fraction of sp³-hybridized carbons (Fsp3) is 0.0833. The van der Waals surface area contributed by atoms with Crippen molar-refractivity contribution in [1.82, 2.24) is 19.9 Å². The van der Waals surface area contributed by atoms with Crippen molar-refractivity contribution < 1.29 is 4.79 Å². The van der Waals surface area contributed by atoms with E-state index in [9.17, 15) is 9.59 Å². The van der Waals surface area contributed by atoms with Crippen LogP contribution in [0.2, 0.25) is 0 Å². The Morgan fingerprint density at radius 2 is 1.87 bits per heavy atom. The number of carbonyl (C=O) groups excluding carboxylic acids is 1. The summed E-state index contributed by atoms with van der Waals surface area (Å²) in [4.78, 5) is 34.2. The lowest BCUT2D eigenvalue weighted by molar-refractivity contribution is 0.0934. The lowest BCUT2D eigenvalue weighted by atomic mass is 10.0. The van der Waals surface area contributed by atoms with Crippen LogP contribution in [0.15, 0.2) is 71.8 Å². The lowest BCUT2D eigenvalue weighted by Gasteiger charge is -2.21. The first-order chi connectivity index (χ1) is 15.0. The van der Waals surface area contributed by atoms with Crippen molar-refractivity contribution >= 4 is 22.5 Å². The Balaban J connectivity index is 1.89. The van der Waals surface area contributed by atoms with Gasteiger partial charge in [-0.25, -0.2) is 9.97 Å². The number of fused-ring (bicyclic) bond motifs is 1. The highest BCUT2D eigenvalue weighted by atomic mass is 16.2. The van der Waals surface area contributed by atoms with Crippen molar-refractivity contribution in [3.05, 3.63) is 94.3 Å². The molecular formula is C24H19N5O2. The number of nitrogens with one attached hydrogen (secondary N) is 1. The van der Waals surface area contributed by atoms with E-state index in [1.165, 1.54) is 12.4 Å². The summed E-state index contributed by atoms with van der Waals surface area (Å²) in [7, 11) is 0. The van der Waals surface area contributed by atoms with Gasteiger partial charge in [-0.3, -0.25) is 14.2 Å². The van der Waals surface area contributed by atoms with Crippen molar-refractivity contribution in [2.24, 2.45) is 0 Å². The molecule has 0 aliphatic heterocycles. The molecule has 4 aromatic rings. The molecule has 152 valence electrons. The first-order valence-electron chi connectivity index (χ1n) is 9.59. The van der Waals surface area contributed by atoms with E-state index in [2.05, 4.69) is 21.2 Å². The highest BCUT2D eigenvalue weighted by Crippen LogP contribution is 2.23. The van der Waals surface area contributed by atoms with Gasteiger partial charge in [-0.15, -0.1) is 6.42 Å². The fourth-order valence-corrected chi connectivity index (χ4v) is 3.53. The molecule has 31 heavy (non-hydrogen) atoms. The minimum Gasteiger partial charge on any atom is -0.382 e. The van der Waals surface area contributed by atoms with Gasteiger partial charge >= 0.3 is 0 Å². The maximum Gasteiger partial charge on any atom is 0.274 e. The number of pyridine rings is 1. The number of aromatic nitrogens is 3. The number of nitrogens with zero attached hydrogens (tertiary/aromatic N) is 3. The molecule has 0 radical (unpaired) electrons. The van der Waals surface area contributed by atoms with E-state index >= 15 is 0 Å². The van der Waals surface area contributed by atoms with Gasteiger partial charge in [0, 0.05) is 29.3 Å². The van der Waals surface area contributed by atoms with Gasteiger partial charge in [0.25, 0.3) is 11.5 Å². The Morgan fingerprint density at radius 3 is 2.58 bits per heavy atom. The summed E-state index contributed by atoms with van der Waals surface area (Å²) < 4.78 is 1.56. The summed E-state index contributed by atoms with van der Waals surface area (Å²) in [6.45, 7) is 1.79. The molecule has 2 heterocycles. The highest BCUT2D eigenvalue weighted by Gasteiger charge is 2.21. The lowest BCUT2D eigenvalue weighted by Crippen LogP contribution is -2.33. The Hall–Kier alpha value is -4.44. The Morgan fingerprint density at radius 1 is 1.13 bits per heavy atom. The van der Waals surface area contributed by atoms with Crippen LogP contribution < -0.4 is 16.6 Å². The Bertz CT molecular complexity index is 1390. The van der Waals surface area contributed by atoms with Gasteiger partial charge in [-0.1, -0.05) is 36.3 Å². The third-order valence-corrected chi connectivity index (χ3v) is 4.98. The van der Waals surface area contributed by atoms with E-state index in [0.717, 1.165) is 0 Å². The van der Waals surface area contributed by atoms with Gasteiger partial charge in [-0.2, -0.15) is 0 Å². The van der Waals surface area contributed by atoms with Gasteiger partial charge in [0.05, 0.1) is 11.4 Å². The second kappa shape index (κ2) is 8.13. The van der Waals surface area contributed by atoms with Crippen LogP contribution in [-0.4, -0.2) is 20.4 Å². The molecular weight excluding hydrogens is 390 g/mol. The van der Waals surface area contributed by atoms with E-state index < -0.39 is 11.9 Å². The normalized spacial score (nSPS) is 11.6. The van der Waals surface area contributed by atoms with Gasteiger partial charge in [0.15, 0.2) is 11.5 Å². The van der Waals surface area contributed by atoms with Crippen LogP contribution in [0.25, 0.3) is 16.5 Å². The molecule has 0 spiro atoms.